The molecule has 0 saturated heterocycles. The quantitative estimate of drug-likeness (QED) is 0.871. The van der Waals surface area contributed by atoms with Crippen LogP contribution in [-0.4, -0.2) is 22.1 Å². The number of hydrogen-bond donors (Lipinski definition) is 1. The van der Waals surface area contributed by atoms with Crippen LogP contribution in [0, 0.1) is 13.8 Å². The lowest BCUT2D eigenvalue weighted by atomic mass is 10.1. The highest BCUT2D eigenvalue weighted by Crippen LogP contribution is 2.21. The molecule has 0 aliphatic heterocycles. The van der Waals surface area contributed by atoms with Gasteiger partial charge in [-0.25, -0.2) is 4.68 Å². The average molecular weight is 232 g/mol. The zero-order valence-electron chi connectivity index (χ0n) is 10.3. The first-order valence-electron chi connectivity index (χ1n) is 5.41. The normalized spacial score (nSPS) is 10.5. The molecular formula is C12H16N4O. The van der Waals surface area contributed by atoms with Crippen LogP contribution in [0.3, 0.4) is 0 Å². The molecule has 0 unspecified atom stereocenters. The molecule has 1 aromatic heterocycles. The van der Waals surface area contributed by atoms with E-state index in [4.69, 9.17) is 10.5 Å². The van der Waals surface area contributed by atoms with Gasteiger partial charge >= 0.3 is 0 Å². The Morgan fingerprint density at radius 3 is 2.71 bits per heavy atom. The summed E-state index contributed by atoms with van der Waals surface area (Å²) in [6.07, 6.45) is 0. The van der Waals surface area contributed by atoms with Crippen molar-refractivity contribution in [1.82, 2.24) is 15.0 Å². The van der Waals surface area contributed by atoms with Gasteiger partial charge in [-0.3, -0.25) is 0 Å². The summed E-state index contributed by atoms with van der Waals surface area (Å²) in [5, 5.41) is 7.84. The van der Waals surface area contributed by atoms with E-state index in [1.54, 1.807) is 11.8 Å². The monoisotopic (exact) mass is 232 g/mol. The minimum atomic E-state index is 0.469. The molecule has 0 fully saturated rings. The van der Waals surface area contributed by atoms with Gasteiger partial charge in [0.05, 0.1) is 19.3 Å². The fourth-order valence-electron chi connectivity index (χ4n) is 1.72. The van der Waals surface area contributed by atoms with Crippen molar-refractivity contribution in [3.05, 3.63) is 35.0 Å². The third-order valence-corrected chi connectivity index (χ3v) is 2.77. The molecule has 90 valence electrons. The highest BCUT2D eigenvalue weighted by Gasteiger charge is 2.09. The highest BCUT2D eigenvalue weighted by molar-refractivity contribution is 5.38. The maximum absolute atomic E-state index is 5.67. The summed E-state index contributed by atoms with van der Waals surface area (Å²) in [5.41, 5.74) is 8.79. The molecule has 0 bridgehead atoms. The number of ether oxygens (including phenoxy) is 1. The molecule has 0 radical (unpaired) electrons. The van der Waals surface area contributed by atoms with Crippen molar-refractivity contribution in [2.75, 3.05) is 12.8 Å². The highest BCUT2D eigenvalue weighted by atomic mass is 16.5. The van der Waals surface area contributed by atoms with Gasteiger partial charge < -0.3 is 10.5 Å². The number of anilines is 1. The van der Waals surface area contributed by atoms with Crippen LogP contribution < -0.4 is 10.5 Å². The fraction of sp³-hybridized carbons (Fsp3) is 0.333. The molecule has 5 heteroatoms. The van der Waals surface area contributed by atoms with E-state index in [0.29, 0.717) is 12.4 Å². The zero-order chi connectivity index (χ0) is 12.4. The largest absolute Gasteiger partial charge is 0.496 e. The second-order valence-corrected chi connectivity index (χ2v) is 4.03. The number of aromatic nitrogens is 3. The minimum absolute atomic E-state index is 0.469. The first-order chi connectivity index (χ1) is 8.11. The molecule has 0 spiro atoms. The average Bonchev–Trinajstić information content (AvgIpc) is 2.61. The lowest BCUT2D eigenvalue weighted by Gasteiger charge is -2.10. The van der Waals surface area contributed by atoms with Gasteiger partial charge in [-0.1, -0.05) is 22.9 Å². The molecule has 1 aromatic carbocycles. The molecule has 17 heavy (non-hydrogen) atoms. The number of nitrogens with two attached hydrogens (primary N) is 1. The number of benzene rings is 1. The van der Waals surface area contributed by atoms with E-state index in [1.807, 2.05) is 26.0 Å². The van der Waals surface area contributed by atoms with Gasteiger partial charge in [0.25, 0.3) is 0 Å². The second kappa shape index (κ2) is 4.45. The predicted molar refractivity (Wildman–Crippen MR) is 66.0 cm³/mol. The topological polar surface area (TPSA) is 66.0 Å². The molecule has 2 N–H and O–H groups in total. The molecule has 1 heterocycles. The van der Waals surface area contributed by atoms with Crippen LogP contribution in [0.15, 0.2) is 18.2 Å². The lowest BCUT2D eigenvalue weighted by molar-refractivity contribution is 0.406. The number of methoxy groups -OCH3 is 1. The third-order valence-electron chi connectivity index (χ3n) is 2.77. The fourth-order valence-corrected chi connectivity index (χ4v) is 1.72. The van der Waals surface area contributed by atoms with E-state index in [2.05, 4.69) is 16.4 Å². The van der Waals surface area contributed by atoms with Gasteiger partial charge in [-0.05, 0) is 19.9 Å². The summed E-state index contributed by atoms with van der Waals surface area (Å²) in [7, 11) is 1.66. The Balaban J connectivity index is 2.35. The molecule has 2 rings (SSSR count). The maximum atomic E-state index is 5.67. The van der Waals surface area contributed by atoms with E-state index in [0.717, 1.165) is 17.0 Å². The van der Waals surface area contributed by atoms with Crippen LogP contribution in [0.2, 0.25) is 0 Å². The van der Waals surface area contributed by atoms with E-state index in [1.165, 1.54) is 5.56 Å². The summed E-state index contributed by atoms with van der Waals surface area (Å²) in [6.45, 7) is 4.56. The summed E-state index contributed by atoms with van der Waals surface area (Å²) in [4.78, 5) is 0. The van der Waals surface area contributed by atoms with Crippen LogP contribution in [0.25, 0.3) is 0 Å². The molecule has 0 saturated carbocycles. The smallest absolute Gasteiger partial charge is 0.168 e. The summed E-state index contributed by atoms with van der Waals surface area (Å²) < 4.78 is 7.10. The van der Waals surface area contributed by atoms with Crippen molar-refractivity contribution in [3.63, 3.8) is 0 Å². The summed E-state index contributed by atoms with van der Waals surface area (Å²) in [5.74, 6) is 1.32. The zero-order valence-corrected chi connectivity index (χ0v) is 10.3. The Labute approximate surface area is 100 Å². The molecule has 0 atom stereocenters. The van der Waals surface area contributed by atoms with E-state index in [-0.39, 0.29) is 0 Å². The standard InChI is InChI=1S/C12H16N4O/c1-8-4-5-11(17-3)10(6-8)7-16-9(2)12(13)14-15-16/h4-6H,7,13H2,1-3H3. The van der Waals surface area contributed by atoms with Gasteiger partial charge in [-0.2, -0.15) is 0 Å². The second-order valence-electron chi connectivity index (χ2n) is 4.03. The van der Waals surface area contributed by atoms with Crippen LogP contribution in [-0.2, 0) is 6.54 Å². The van der Waals surface area contributed by atoms with E-state index >= 15 is 0 Å². The number of nitrogens with zero attached hydrogens (tertiary/aromatic N) is 3. The summed E-state index contributed by atoms with van der Waals surface area (Å²) in [6, 6.07) is 6.06. The van der Waals surface area contributed by atoms with Crippen molar-refractivity contribution in [1.29, 1.82) is 0 Å². The van der Waals surface area contributed by atoms with Crippen LogP contribution >= 0.6 is 0 Å². The predicted octanol–water partition coefficient (Wildman–Crippen LogP) is 1.53. The number of rotatable bonds is 3. The van der Waals surface area contributed by atoms with Crippen molar-refractivity contribution >= 4 is 5.82 Å². The van der Waals surface area contributed by atoms with Crippen LogP contribution in [0.4, 0.5) is 5.82 Å². The molecule has 0 aliphatic rings. The SMILES string of the molecule is COc1ccc(C)cc1Cn1nnc(N)c1C. The van der Waals surface area contributed by atoms with Gasteiger partial charge in [0.2, 0.25) is 0 Å². The molecule has 0 amide bonds. The van der Waals surface area contributed by atoms with Gasteiger partial charge in [0.1, 0.15) is 5.75 Å². The van der Waals surface area contributed by atoms with E-state index < -0.39 is 0 Å². The van der Waals surface area contributed by atoms with Gasteiger partial charge in [-0.15, -0.1) is 5.10 Å². The summed E-state index contributed by atoms with van der Waals surface area (Å²) >= 11 is 0. The van der Waals surface area contributed by atoms with Crippen molar-refractivity contribution in [3.8, 4) is 5.75 Å². The first-order valence-corrected chi connectivity index (χ1v) is 5.41. The third kappa shape index (κ3) is 2.22. The number of nitrogen functional groups attached to an aromatic ring is 1. The van der Waals surface area contributed by atoms with Crippen molar-refractivity contribution in [2.24, 2.45) is 0 Å². The molecule has 0 aliphatic carbocycles. The number of hydrogen-bond acceptors (Lipinski definition) is 4. The minimum Gasteiger partial charge on any atom is -0.496 e. The van der Waals surface area contributed by atoms with Crippen LogP contribution in [0.1, 0.15) is 16.8 Å². The Morgan fingerprint density at radius 2 is 2.12 bits per heavy atom. The van der Waals surface area contributed by atoms with Crippen LogP contribution in [0.5, 0.6) is 5.75 Å². The molecule has 5 nitrogen and oxygen atoms in total. The molecule has 2 aromatic rings. The Morgan fingerprint density at radius 1 is 1.35 bits per heavy atom. The Kier molecular flexibility index (Phi) is 2.99. The first kappa shape index (κ1) is 11.4. The van der Waals surface area contributed by atoms with Crippen molar-refractivity contribution < 1.29 is 4.74 Å². The van der Waals surface area contributed by atoms with Crippen molar-refractivity contribution in [2.45, 2.75) is 20.4 Å². The van der Waals surface area contributed by atoms with Gasteiger partial charge in [0.15, 0.2) is 5.82 Å². The van der Waals surface area contributed by atoms with Gasteiger partial charge in [0, 0.05) is 5.56 Å². The van der Waals surface area contributed by atoms with E-state index in [9.17, 15) is 0 Å². The molecular weight excluding hydrogens is 216 g/mol. The maximum Gasteiger partial charge on any atom is 0.168 e. The Bertz CT molecular complexity index is 533. The number of aryl methyl sites for hydroxylation is 1. The lowest BCUT2D eigenvalue weighted by Crippen LogP contribution is -2.06. The Hall–Kier alpha value is -2.04.